The standard InChI is InChI=1S/C10H11NS/c1-11-9-6-7-12-10-5-3-2-4-8(9)10/h2-5H,6-7H2,1H3. The molecule has 0 radical (unpaired) electrons. The number of nitrogens with zero attached hydrogens (tertiary/aromatic N) is 1. The van der Waals surface area contributed by atoms with Gasteiger partial charge in [-0.05, 0) is 12.5 Å². The minimum absolute atomic E-state index is 1.11. The molecule has 2 rings (SSSR count). The zero-order valence-electron chi connectivity index (χ0n) is 7.08. The van der Waals surface area contributed by atoms with Crippen LogP contribution in [-0.4, -0.2) is 18.5 Å². The fraction of sp³-hybridized carbons (Fsp3) is 0.300. The molecule has 12 heavy (non-hydrogen) atoms. The quantitative estimate of drug-likeness (QED) is 0.593. The molecule has 0 N–H and O–H groups in total. The van der Waals surface area contributed by atoms with Crippen LogP contribution in [0.25, 0.3) is 0 Å². The molecule has 0 aliphatic carbocycles. The van der Waals surface area contributed by atoms with Crippen molar-refractivity contribution in [2.24, 2.45) is 4.99 Å². The van der Waals surface area contributed by atoms with Gasteiger partial charge < -0.3 is 0 Å². The molecule has 0 amide bonds. The average molecular weight is 177 g/mol. The van der Waals surface area contributed by atoms with E-state index in [1.54, 1.807) is 0 Å². The van der Waals surface area contributed by atoms with E-state index in [1.807, 2.05) is 18.8 Å². The first-order valence-corrected chi connectivity index (χ1v) is 5.08. The van der Waals surface area contributed by atoms with E-state index >= 15 is 0 Å². The molecule has 0 saturated heterocycles. The highest BCUT2D eigenvalue weighted by atomic mass is 32.2. The van der Waals surface area contributed by atoms with Crippen LogP contribution in [0.2, 0.25) is 0 Å². The van der Waals surface area contributed by atoms with Gasteiger partial charge in [0.2, 0.25) is 0 Å². The van der Waals surface area contributed by atoms with Gasteiger partial charge in [0.25, 0.3) is 0 Å². The Kier molecular flexibility index (Phi) is 2.17. The van der Waals surface area contributed by atoms with Gasteiger partial charge in [0, 0.05) is 29.0 Å². The Morgan fingerprint density at radius 1 is 1.33 bits per heavy atom. The zero-order chi connectivity index (χ0) is 8.39. The molecule has 1 nitrogen and oxygen atoms in total. The van der Waals surface area contributed by atoms with E-state index in [1.165, 1.54) is 21.9 Å². The van der Waals surface area contributed by atoms with Crippen LogP contribution in [0.5, 0.6) is 0 Å². The molecule has 62 valence electrons. The molecular weight excluding hydrogens is 166 g/mol. The Bertz CT molecular complexity index is 317. The van der Waals surface area contributed by atoms with E-state index in [0.29, 0.717) is 0 Å². The van der Waals surface area contributed by atoms with Crippen LogP contribution in [0.15, 0.2) is 34.2 Å². The van der Waals surface area contributed by atoms with Gasteiger partial charge in [-0.3, -0.25) is 4.99 Å². The molecule has 0 aromatic heterocycles. The number of hydrogen-bond acceptors (Lipinski definition) is 2. The van der Waals surface area contributed by atoms with Crippen LogP contribution >= 0.6 is 11.8 Å². The second kappa shape index (κ2) is 3.31. The molecule has 1 aliphatic rings. The van der Waals surface area contributed by atoms with Crippen molar-refractivity contribution in [1.82, 2.24) is 0 Å². The Hall–Kier alpha value is -0.760. The molecule has 2 heteroatoms. The summed E-state index contributed by atoms with van der Waals surface area (Å²) in [6, 6.07) is 8.49. The molecule has 0 spiro atoms. The van der Waals surface area contributed by atoms with Gasteiger partial charge in [-0.25, -0.2) is 0 Å². The third-order valence-corrected chi connectivity index (χ3v) is 3.14. The van der Waals surface area contributed by atoms with E-state index in [4.69, 9.17) is 0 Å². The third kappa shape index (κ3) is 1.27. The number of thioether (sulfide) groups is 1. The molecule has 1 heterocycles. The van der Waals surface area contributed by atoms with E-state index in [-0.39, 0.29) is 0 Å². The summed E-state index contributed by atoms with van der Waals surface area (Å²) in [5.41, 5.74) is 2.58. The average Bonchev–Trinajstić information content (AvgIpc) is 2.17. The summed E-state index contributed by atoms with van der Waals surface area (Å²) < 4.78 is 0. The third-order valence-electron chi connectivity index (χ3n) is 2.06. The van der Waals surface area contributed by atoms with E-state index in [2.05, 4.69) is 29.3 Å². The number of aliphatic imine (C=N–C) groups is 1. The number of hydrogen-bond donors (Lipinski definition) is 0. The molecule has 0 bridgehead atoms. The summed E-state index contributed by atoms with van der Waals surface area (Å²) in [7, 11) is 1.88. The SMILES string of the molecule is CN=C1CCSc2ccccc21. The summed E-state index contributed by atoms with van der Waals surface area (Å²) in [6.07, 6.45) is 1.11. The molecule has 0 saturated carbocycles. The van der Waals surface area contributed by atoms with E-state index in [0.717, 1.165) is 6.42 Å². The van der Waals surface area contributed by atoms with Crippen LogP contribution in [0, 0.1) is 0 Å². The van der Waals surface area contributed by atoms with Gasteiger partial charge >= 0.3 is 0 Å². The summed E-state index contributed by atoms with van der Waals surface area (Å²) in [5, 5.41) is 0. The van der Waals surface area contributed by atoms with Crippen LogP contribution in [0.3, 0.4) is 0 Å². The first-order valence-electron chi connectivity index (χ1n) is 4.09. The molecule has 0 atom stereocenters. The number of fused-ring (bicyclic) bond motifs is 1. The Labute approximate surface area is 76.9 Å². The van der Waals surface area contributed by atoms with E-state index < -0.39 is 0 Å². The fourth-order valence-corrected chi connectivity index (χ4v) is 2.49. The van der Waals surface area contributed by atoms with Gasteiger partial charge in [-0.15, -0.1) is 11.8 Å². The van der Waals surface area contributed by atoms with Crippen LogP contribution < -0.4 is 0 Å². The monoisotopic (exact) mass is 177 g/mol. The number of benzene rings is 1. The maximum Gasteiger partial charge on any atom is 0.0436 e. The second-order valence-corrected chi connectivity index (χ2v) is 3.90. The van der Waals surface area contributed by atoms with Crippen molar-refractivity contribution < 1.29 is 0 Å². The van der Waals surface area contributed by atoms with Crippen molar-refractivity contribution in [3.05, 3.63) is 29.8 Å². The summed E-state index contributed by atoms with van der Waals surface area (Å²) in [4.78, 5) is 5.67. The molecule has 0 unspecified atom stereocenters. The summed E-state index contributed by atoms with van der Waals surface area (Å²) in [6.45, 7) is 0. The Balaban J connectivity index is 2.51. The minimum Gasteiger partial charge on any atom is -0.292 e. The highest BCUT2D eigenvalue weighted by Crippen LogP contribution is 2.29. The maximum absolute atomic E-state index is 4.29. The normalized spacial score (nSPS) is 19.2. The molecular formula is C10H11NS. The fourth-order valence-electron chi connectivity index (χ4n) is 1.46. The van der Waals surface area contributed by atoms with Crippen molar-refractivity contribution >= 4 is 17.5 Å². The van der Waals surface area contributed by atoms with Gasteiger partial charge in [0.05, 0.1) is 0 Å². The minimum atomic E-state index is 1.11. The van der Waals surface area contributed by atoms with Gasteiger partial charge in [-0.1, -0.05) is 18.2 Å². The summed E-state index contributed by atoms with van der Waals surface area (Å²) in [5.74, 6) is 1.17. The zero-order valence-corrected chi connectivity index (χ0v) is 7.90. The predicted molar refractivity (Wildman–Crippen MR) is 54.2 cm³/mol. The lowest BCUT2D eigenvalue weighted by molar-refractivity contribution is 1.20. The van der Waals surface area contributed by atoms with E-state index in [9.17, 15) is 0 Å². The largest absolute Gasteiger partial charge is 0.292 e. The smallest absolute Gasteiger partial charge is 0.0436 e. The predicted octanol–water partition coefficient (Wildman–Crippen LogP) is 2.60. The van der Waals surface area contributed by atoms with Crippen LogP contribution in [-0.2, 0) is 0 Å². The van der Waals surface area contributed by atoms with Crippen molar-refractivity contribution in [3.8, 4) is 0 Å². The Morgan fingerprint density at radius 3 is 3.00 bits per heavy atom. The molecule has 0 fully saturated rings. The maximum atomic E-state index is 4.29. The highest BCUT2D eigenvalue weighted by Gasteiger charge is 2.13. The summed E-state index contributed by atoms with van der Waals surface area (Å²) >= 11 is 1.93. The topological polar surface area (TPSA) is 12.4 Å². The first kappa shape index (κ1) is 7.87. The molecule has 1 aromatic carbocycles. The van der Waals surface area contributed by atoms with Gasteiger partial charge in [0.1, 0.15) is 0 Å². The lowest BCUT2D eigenvalue weighted by Crippen LogP contribution is -2.08. The molecule has 1 aromatic rings. The highest BCUT2D eigenvalue weighted by molar-refractivity contribution is 7.99. The Morgan fingerprint density at radius 2 is 2.17 bits per heavy atom. The van der Waals surface area contributed by atoms with Crippen molar-refractivity contribution in [1.29, 1.82) is 0 Å². The first-order chi connectivity index (χ1) is 5.92. The lowest BCUT2D eigenvalue weighted by Gasteiger charge is -2.16. The van der Waals surface area contributed by atoms with Crippen LogP contribution in [0.4, 0.5) is 0 Å². The van der Waals surface area contributed by atoms with Crippen LogP contribution in [0.1, 0.15) is 12.0 Å². The van der Waals surface area contributed by atoms with Gasteiger partial charge in [0.15, 0.2) is 0 Å². The molecule has 1 aliphatic heterocycles. The van der Waals surface area contributed by atoms with Crippen molar-refractivity contribution in [2.45, 2.75) is 11.3 Å². The van der Waals surface area contributed by atoms with Crippen molar-refractivity contribution in [2.75, 3.05) is 12.8 Å². The lowest BCUT2D eigenvalue weighted by atomic mass is 10.1. The van der Waals surface area contributed by atoms with Gasteiger partial charge in [-0.2, -0.15) is 0 Å². The second-order valence-electron chi connectivity index (χ2n) is 2.76. The number of rotatable bonds is 0. The van der Waals surface area contributed by atoms with Crippen molar-refractivity contribution in [3.63, 3.8) is 0 Å².